The molecule has 0 fully saturated rings. The summed E-state index contributed by atoms with van der Waals surface area (Å²) in [5.74, 6) is 2.58. The van der Waals surface area contributed by atoms with E-state index >= 15 is 0 Å². The third-order valence-electron chi connectivity index (χ3n) is 4.45. The van der Waals surface area contributed by atoms with Crippen molar-refractivity contribution < 1.29 is 14.2 Å². The number of aryl methyl sites for hydroxylation is 2. The van der Waals surface area contributed by atoms with Gasteiger partial charge in [-0.3, -0.25) is 0 Å². The standard InChI is InChI=1S/C20H20N4O3S/c1-25-15-11-14(12-16(26-2)18(15)27-3)19-23-24-17(21-22-20(24)28-19)10-9-13-7-5-4-6-8-13/h4-8,11-12H,9-10H2,1-3H3. The fourth-order valence-corrected chi connectivity index (χ4v) is 3.88. The fourth-order valence-electron chi connectivity index (χ4n) is 3.04. The molecule has 0 spiro atoms. The summed E-state index contributed by atoms with van der Waals surface area (Å²) < 4.78 is 18.1. The number of fused-ring (bicyclic) bond motifs is 1. The Morgan fingerprint density at radius 3 is 2.25 bits per heavy atom. The van der Waals surface area contributed by atoms with E-state index in [0.717, 1.165) is 34.2 Å². The Hall–Kier alpha value is -3.13. The van der Waals surface area contributed by atoms with Crippen LogP contribution in [-0.2, 0) is 12.8 Å². The van der Waals surface area contributed by atoms with Crippen LogP contribution in [0, 0.1) is 0 Å². The zero-order chi connectivity index (χ0) is 19.5. The van der Waals surface area contributed by atoms with Crippen LogP contribution in [0.2, 0.25) is 0 Å². The maximum atomic E-state index is 5.44. The van der Waals surface area contributed by atoms with Gasteiger partial charge in [-0.15, -0.1) is 10.2 Å². The third kappa shape index (κ3) is 3.38. The van der Waals surface area contributed by atoms with Gasteiger partial charge in [-0.05, 0) is 24.1 Å². The second kappa shape index (κ2) is 7.85. The van der Waals surface area contributed by atoms with E-state index in [4.69, 9.17) is 19.3 Å². The molecule has 4 rings (SSSR count). The molecule has 8 heteroatoms. The van der Waals surface area contributed by atoms with Crippen LogP contribution in [0.4, 0.5) is 0 Å². The second-order valence-corrected chi connectivity index (χ2v) is 7.07. The first-order valence-electron chi connectivity index (χ1n) is 8.79. The van der Waals surface area contributed by atoms with E-state index in [1.165, 1.54) is 16.9 Å². The molecule has 0 bridgehead atoms. The van der Waals surface area contributed by atoms with Crippen LogP contribution in [0.15, 0.2) is 42.5 Å². The second-order valence-electron chi connectivity index (χ2n) is 6.12. The van der Waals surface area contributed by atoms with Crippen LogP contribution in [-0.4, -0.2) is 41.1 Å². The van der Waals surface area contributed by atoms with Gasteiger partial charge in [0.25, 0.3) is 0 Å². The van der Waals surface area contributed by atoms with Crippen molar-refractivity contribution in [1.82, 2.24) is 19.8 Å². The van der Waals surface area contributed by atoms with Crippen molar-refractivity contribution in [2.24, 2.45) is 0 Å². The molecule has 0 saturated carbocycles. The Kier molecular flexibility index (Phi) is 5.12. The summed E-state index contributed by atoms with van der Waals surface area (Å²) in [7, 11) is 4.78. The van der Waals surface area contributed by atoms with Gasteiger partial charge in [0.05, 0.1) is 21.3 Å². The van der Waals surface area contributed by atoms with Crippen molar-refractivity contribution in [1.29, 1.82) is 0 Å². The number of hydrogen-bond donors (Lipinski definition) is 0. The monoisotopic (exact) mass is 396 g/mol. The molecule has 0 saturated heterocycles. The average molecular weight is 396 g/mol. The van der Waals surface area contributed by atoms with Crippen molar-refractivity contribution in [2.45, 2.75) is 12.8 Å². The van der Waals surface area contributed by atoms with E-state index in [0.29, 0.717) is 17.2 Å². The molecule has 2 aromatic carbocycles. The molecule has 0 unspecified atom stereocenters. The molecule has 0 radical (unpaired) electrons. The quantitative estimate of drug-likeness (QED) is 0.475. The maximum absolute atomic E-state index is 5.44. The number of aromatic nitrogens is 4. The molecule has 28 heavy (non-hydrogen) atoms. The maximum Gasteiger partial charge on any atom is 0.234 e. The van der Waals surface area contributed by atoms with Gasteiger partial charge < -0.3 is 14.2 Å². The Bertz CT molecular complexity index is 1070. The van der Waals surface area contributed by atoms with E-state index in [9.17, 15) is 0 Å². The number of methoxy groups -OCH3 is 3. The lowest BCUT2D eigenvalue weighted by molar-refractivity contribution is 0.324. The number of nitrogens with zero attached hydrogens (tertiary/aromatic N) is 4. The molecule has 0 atom stereocenters. The lowest BCUT2D eigenvalue weighted by Crippen LogP contribution is -1.99. The number of rotatable bonds is 7. The molecular formula is C20H20N4O3S. The highest BCUT2D eigenvalue weighted by Gasteiger charge is 2.18. The SMILES string of the molecule is COc1cc(-c2nn3c(CCc4ccccc4)nnc3s2)cc(OC)c1OC. The Morgan fingerprint density at radius 2 is 1.61 bits per heavy atom. The fraction of sp³-hybridized carbons (Fsp3) is 0.250. The highest BCUT2D eigenvalue weighted by Crippen LogP contribution is 2.41. The topological polar surface area (TPSA) is 70.8 Å². The summed E-state index contributed by atoms with van der Waals surface area (Å²) in [5.41, 5.74) is 2.14. The minimum Gasteiger partial charge on any atom is -0.493 e. The predicted octanol–water partition coefficient (Wildman–Crippen LogP) is 3.66. The van der Waals surface area contributed by atoms with Crippen LogP contribution in [0.5, 0.6) is 17.2 Å². The van der Waals surface area contributed by atoms with Gasteiger partial charge in [0.2, 0.25) is 10.7 Å². The highest BCUT2D eigenvalue weighted by molar-refractivity contribution is 7.19. The van der Waals surface area contributed by atoms with Crippen LogP contribution < -0.4 is 14.2 Å². The zero-order valence-electron chi connectivity index (χ0n) is 15.9. The minimum atomic E-state index is 0.556. The van der Waals surface area contributed by atoms with Gasteiger partial charge in [0.15, 0.2) is 17.3 Å². The van der Waals surface area contributed by atoms with Gasteiger partial charge in [-0.2, -0.15) is 9.61 Å². The van der Waals surface area contributed by atoms with Crippen molar-refractivity contribution in [3.05, 3.63) is 53.9 Å². The number of benzene rings is 2. The molecule has 2 heterocycles. The van der Waals surface area contributed by atoms with Gasteiger partial charge in [-0.25, -0.2) is 0 Å². The predicted molar refractivity (Wildman–Crippen MR) is 108 cm³/mol. The largest absolute Gasteiger partial charge is 0.493 e. The van der Waals surface area contributed by atoms with Crippen LogP contribution in [0.1, 0.15) is 11.4 Å². The summed E-state index contributed by atoms with van der Waals surface area (Å²) in [6, 6.07) is 14.1. The summed E-state index contributed by atoms with van der Waals surface area (Å²) >= 11 is 1.47. The third-order valence-corrected chi connectivity index (χ3v) is 5.40. The first kappa shape index (κ1) is 18.2. The Labute approximate surface area is 166 Å². The van der Waals surface area contributed by atoms with Gasteiger partial charge in [0.1, 0.15) is 5.01 Å². The first-order valence-corrected chi connectivity index (χ1v) is 9.60. The molecule has 0 amide bonds. The molecule has 0 N–H and O–H groups in total. The summed E-state index contributed by atoms with van der Waals surface area (Å²) in [4.78, 5) is 0.756. The molecule has 0 aliphatic carbocycles. The summed E-state index contributed by atoms with van der Waals surface area (Å²) in [6.45, 7) is 0. The van der Waals surface area contributed by atoms with Crippen LogP contribution in [0.3, 0.4) is 0 Å². The molecule has 7 nitrogen and oxygen atoms in total. The Balaban J connectivity index is 1.66. The van der Waals surface area contributed by atoms with Crippen molar-refractivity contribution in [2.75, 3.05) is 21.3 Å². The lowest BCUT2D eigenvalue weighted by atomic mass is 10.1. The summed E-state index contributed by atoms with van der Waals surface area (Å²) in [6.07, 6.45) is 1.66. The van der Waals surface area contributed by atoms with Crippen LogP contribution >= 0.6 is 11.3 Å². The average Bonchev–Trinajstić information content (AvgIpc) is 3.33. The molecular weight excluding hydrogens is 376 g/mol. The highest BCUT2D eigenvalue weighted by atomic mass is 32.1. The van der Waals surface area contributed by atoms with E-state index in [1.807, 2.05) is 34.8 Å². The number of hydrogen-bond acceptors (Lipinski definition) is 7. The first-order chi connectivity index (χ1) is 13.7. The van der Waals surface area contributed by atoms with Gasteiger partial charge >= 0.3 is 0 Å². The van der Waals surface area contributed by atoms with Crippen molar-refractivity contribution >= 4 is 16.3 Å². The van der Waals surface area contributed by atoms with E-state index in [1.54, 1.807) is 21.3 Å². The normalized spacial score (nSPS) is 11.0. The lowest BCUT2D eigenvalue weighted by Gasteiger charge is -2.13. The minimum absolute atomic E-state index is 0.556. The molecule has 0 aliphatic rings. The van der Waals surface area contributed by atoms with Crippen molar-refractivity contribution in [3.63, 3.8) is 0 Å². The molecule has 2 aromatic heterocycles. The van der Waals surface area contributed by atoms with E-state index in [-0.39, 0.29) is 0 Å². The zero-order valence-corrected chi connectivity index (χ0v) is 16.7. The van der Waals surface area contributed by atoms with E-state index < -0.39 is 0 Å². The Morgan fingerprint density at radius 1 is 0.893 bits per heavy atom. The molecule has 144 valence electrons. The van der Waals surface area contributed by atoms with Crippen LogP contribution in [0.25, 0.3) is 15.5 Å². The molecule has 4 aromatic rings. The smallest absolute Gasteiger partial charge is 0.234 e. The van der Waals surface area contributed by atoms with Gasteiger partial charge in [-0.1, -0.05) is 41.7 Å². The van der Waals surface area contributed by atoms with Crippen molar-refractivity contribution in [3.8, 4) is 27.8 Å². The summed E-state index contributed by atoms with van der Waals surface area (Å²) in [5, 5.41) is 14.1. The number of ether oxygens (including phenoxy) is 3. The molecule has 0 aliphatic heterocycles. The van der Waals surface area contributed by atoms with E-state index in [2.05, 4.69) is 22.3 Å². The van der Waals surface area contributed by atoms with Gasteiger partial charge in [0, 0.05) is 12.0 Å².